The average Bonchev–Trinajstić information content (AvgIpc) is 3.49. The molecule has 0 atom stereocenters. The molecule has 1 N–H and O–H groups in total. The Morgan fingerprint density at radius 2 is 1.97 bits per heavy atom. The number of rotatable bonds is 10. The molecule has 0 aliphatic rings. The number of non-ortho nitro benzene ring substituents is 1. The van der Waals surface area contributed by atoms with Gasteiger partial charge in [-0.15, -0.1) is 23.1 Å². The van der Waals surface area contributed by atoms with Gasteiger partial charge in [0, 0.05) is 23.1 Å². The van der Waals surface area contributed by atoms with Gasteiger partial charge in [0.05, 0.1) is 38.9 Å². The minimum absolute atomic E-state index is 0.0168. The van der Waals surface area contributed by atoms with Crippen LogP contribution in [0.3, 0.4) is 0 Å². The lowest BCUT2D eigenvalue weighted by atomic mass is 10.2. The number of anilines is 1. The lowest BCUT2D eigenvalue weighted by Crippen LogP contribution is -2.23. The van der Waals surface area contributed by atoms with Gasteiger partial charge in [0.25, 0.3) is 11.6 Å². The Morgan fingerprint density at radius 1 is 1.18 bits per heavy atom. The number of nitrogens with zero attached hydrogens (tertiary/aromatic N) is 4. The van der Waals surface area contributed by atoms with Crippen molar-refractivity contribution < 1.29 is 24.0 Å². The number of fused-ring (bicyclic) bond motifs is 1. The molecule has 0 saturated carbocycles. The number of nitrogens with one attached hydrogen (secondary N) is 1. The summed E-state index contributed by atoms with van der Waals surface area (Å²) >= 11 is 3.45. The van der Waals surface area contributed by atoms with Crippen LogP contribution < -0.4 is 10.1 Å². The molecule has 0 fully saturated rings. The van der Waals surface area contributed by atoms with Crippen LogP contribution in [0.4, 0.5) is 10.8 Å². The van der Waals surface area contributed by atoms with Crippen LogP contribution in [0.25, 0.3) is 21.5 Å². The Labute approximate surface area is 228 Å². The molecule has 0 bridgehead atoms. The first kappa shape index (κ1) is 27.2. The first-order valence-corrected chi connectivity index (χ1v) is 14.1. The Bertz CT molecular complexity index is 1560. The zero-order valence-electron chi connectivity index (χ0n) is 20.0. The van der Waals surface area contributed by atoms with Crippen LogP contribution in [0.15, 0.2) is 58.9 Å². The van der Waals surface area contributed by atoms with E-state index in [1.807, 2.05) is 35.7 Å². The molecule has 0 aliphatic carbocycles. The predicted molar refractivity (Wildman–Crippen MR) is 147 cm³/mol. The molecule has 38 heavy (non-hydrogen) atoms. The number of hydrogen-bond acceptors (Lipinski definition) is 10. The number of esters is 1. The number of carbonyl (C=O) groups is 3. The molecular formula is C24H21N5O6S3. The first-order valence-electron chi connectivity index (χ1n) is 11.2. The quantitative estimate of drug-likeness (QED) is 0.170. The number of benzene rings is 2. The Hall–Kier alpha value is -3.88. The number of nitro benzene ring substituents is 1. The van der Waals surface area contributed by atoms with Crippen molar-refractivity contribution in [1.82, 2.24) is 9.55 Å². The van der Waals surface area contributed by atoms with Crippen LogP contribution in [0, 0.1) is 10.1 Å². The zero-order chi connectivity index (χ0) is 27.1. The van der Waals surface area contributed by atoms with Gasteiger partial charge in [-0.2, -0.15) is 4.99 Å². The number of ether oxygens (including phenoxy) is 1. The second kappa shape index (κ2) is 12.6. The molecule has 4 aromatic rings. The molecule has 14 heteroatoms. The summed E-state index contributed by atoms with van der Waals surface area (Å²) in [4.78, 5) is 56.4. The largest absolute Gasteiger partial charge is 0.465 e. The monoisotopic (exact) mass is 571 g/mol. The maximum Gasteiger partial charge on any atom is 0.326 e. The van der Waals surface area contributed by atoms with Gasteiger partial charge in [0.1, 0.15) is 6.54 Å². The van der Waals surface area contributed by atoms with Crippen molar-refractivity contribution in [3.8, 4) is 11.3 Å². The van der Waals surface area contributed by atoms with Gasteiger partial charge in [-0.1, -0.05) is 41.7 Å². The van der Waals surface area contributed by atoms with Gasteiger partial charge in [-0.05, 0) is 13.0 Å². The summed E-state index contributed by atoms with van der Waals surface area (Å²) in [6.45, 7) is 1.66. The van der Waals surface area contributed by atoms with E-state index < -0.39 is 16.8 Å². The smallest absolute Gasteiger partial charge is 0.326 e. The standard InChI is InChI=1S/C24H21N5O6S3/c1-2-35-22(32)11-28-18-9-8-16(29(33)34)10-19(18)38-24(28)27-21(31)14-36-13-20(30)26-23-25-17(12-37-23)15-6-4-3-5-7-15/h3-10,12H,2,11,13-14H2,1H3,(H,25,26,30). The van der Waals surface area contributed by atoms with Crippen LogP contribution in [0.1, 0.15) is 6.92 Å². The second-order valence-electron chi connectivity index (χ2n) is 7.64. The highest BCUT2D eigenvalue weighted by molar-refractivity contribution is 8.00. The highest BCUT2D eigenvalue weighted by Crippen LogP contribution is 2.25. The van der Waals surface area contributed by atoms with Crippen molar-refractivity contribution in [2.24, 2.45) is 4.99 Å². The fraction of sp³-hybridized carbons (Fsp3) is 0.208. The van der Waals surface area contributed by atoms with E-state index in [4.69, 9.17) is 4.74 Å². The van der Waals surface area contributed by atoms with Gasteiger partial charge >= 0.3 is 5.97 Å². The van der Waals surface area contributed by atoms with Crippen LogP contribution in [-0.2, 0) is 25.7 Å². The van der Waals surface area contributed by atoms with E-state index >= 15 is 0 Å². The molecule has 4 rings (SSSR count). The van der Waals surface area contributed by atoms with Crippen molar-refractivity contribution >= 4 is 73.3 Å². The van der Waals surface area contributed by atoms with E-state index in [1.54, 1.807) is 6.92 Å². The number of aromatic nitrogens is 2. The maximum absolute atomic E-state index is 12.6. The maximum atomic E-state index is 12.6. The number of carbonyl (C=O) groups excluding carboxylic acids is 3. The van der Waals surface area contributed by atoms with Crippen LogP contribution in [-0.4, -0.2) is 50.4 Å². The number of amides is 2. The predicted octanol–water partition coefficient (Wildman–Crippen LogP) is 4.10. The lowest BCUT2D eigenvalue weighted by Gasteiger charge is -2.05. The van der Waals surface area contributed by atoms with Crippen molar-refractivity contribution in [2.45, 2.75) is 13.5 Å². The average molecular weight is 572 g/mol. The van der Waals surface area contributed by atoms with Crippen LogP contribution in [0.2, 0.25) is 0 Å². The van der Waals surface area contributed by atoms with Gasteiger partial charge in [-0.3, -0.25) is 24.5 Å². The fourth-order valence-corrected chi connectivity index (χ4v) is 5.76. The number of nitro groups is 1. The van der Waals surface area contributed by atoms with Gasteiger partial charge in [0.15, 0.2) is 9.93 Å². The summed E-state index contributed by atoms with van der Waals surface area (Å²) in [5, 5.41) is 16.2. The summed E-state index contributed by atoms with van der Waals surface area (Å²) in [6.07, 6.45) is 0. The molecule has 196 valence electrons. The molecule has 0 spiro atoms. The van der Waals surface area contributed by atoms with E-state index in [0.29, 0.717) is 15.3 Å². The van der Waals surface area contributed by atoms with Crippen LogP contribution >= 0.6 is 34.4 Å². The molecule has 0 radical (unpaired) electrons. The minimum atomic E-state index is -0.525. The first-order chi connectivity index (χ1) is 18.3. The second-order valence-corrected chi connectivity index (χ2v) is 10.5. The summed E-state index contributed by atoms with van der Waals surface area (Å²) in [6, 6.07) is 13.8. The molecule has 0 saturated heterocycles. The highest BCUT2D eigenvalue weighted by atomic mass is 32.2. The fourth-order valence-electron chi connectivity index (χ4n) is 3.35. The van der Waals surface area contributed by atoms with Gasteiger partial charge in [-0.25, -0.2) is 4.98 Å². The topological polar surface area (TPSA) is 146 Å². The normalized spacial score (nSPS) is 11.4. The van der Waals surface area contributed by atoms with E-state index in [1.165, 1.54) is 34.1 Å². The summed E-state index contributed by atoms with van der Waals surface area (Å²) < 4.78 is 7.00. The van der Waals surface area contributed by atoms with Crippen molar-refractivity contribution in [3.63, 3.8) is 0 Å². The highest BCUT2D eigenvalue weighted by Gasteiger charge is 2.16. The zero-order valence-corrected chi connectivity index (χ0v) is 22.4. The molecule has 2 heterocycles. The Balaban J connectivity index is 1.41. The third-order valence-corrected chi connectivity index (χ3v) is 7.69. The van der Waals surface area contributed by atoms with E-state index in [2.05, 4.69) is 15.3 Å². The number of thiazole rings is 2. The third-order valence-electron chi connectivity index (χ3n) is 4.97. The summed E-state index contributed by atoms with van der Waals surface area (Å²) in [7, 11) is 0. The van der Waals surface area contributed by atoms with Crippen molar-refractivity contribution in [1.29, 1.82) is 0 Å². The molecule has 2 aromatic carbocycles. The van der Waals surface area contributed by atoms with E-state index in [9.17, 15) is 24.5 Å². The molecule has 0 unspecified atom stereocenters. The SMILES string of the molecule is CCOC(=O)Cn1c(=NC(=O)CSCC(=O)Nc2nc(-c3ccccc3)cs2)sc2cc([N+](=O)[O-])ccc21. The van der Waals surface area contributed by atoms with Crippen LogP contribution in [0.5, 0.6) is 0 Å². The molecule has 11 nitrogen and oxygen atoms in total. The number of hydrogen-bond donors (Lipinski definition) is 1. The lowest BCUT2D eigenvalue weighted by molar-refractivity contribution is -0.384. The Kier molecular flexibility index (Phi) is 8.99. The third kappa shape index (κ3) is 6.90. The molecular weight excluding hydrogens is 550 g/mol. The van der Waals surface area contributed by atoms with Crippen molar-refractivity contribution in [3.05, 3.63) is 68.8 Å². The molecule has 0 aliphatic heterocycles. The molecule has 2 aromatic heterocycles. The summed E-state index contributed by atoms with van der Waals surface area (Å²) in [5.74, 6) is -1.40. The van der Waals surface area contributed by atoms with Gasteiger partial charge in [0.2, 0.25) is 5.91 Å². The van der Waals surface area contributed by atoms with Gasteiger partial charge < -0.3 is 14.6 Å². The summed E-state index contributed by atoms with van der Waals surface area (Å²) in [5.41, 5.74) is 2.11. The van der Waals surface area contributed by atoms with Crippen molar-refractivity contribution in [2.75, 3.05) is 23.4 Å². The number of thioether (sulfide) groups is 1. The van der Waals surface area contributed by atoms with E-state index in [0.717, 1.165) is 34.4 Å². The minimum Gasteiger partial charge on any atom is -0.465 e. The molecule has 2 amide bonds. The Morgan fingerprint density at radius 3 is 2.71 bits per heavy atom. The van der Waals surface area contributed by atoms with E-state index in [-0.39, 0.29) is 41.1 Å².